The maximum Gasteiger partial charge on any atom is 0.173 e. The Balaban J connectivity index is 2.90. The molecular formula is C8H10Cl3NSi. The molecule has 0 bridgehead atoms. The predicted molar refractivity (Wildman–Crippen MR) is 62.4 cm³/mol. The zero-order chi connectivity index (χ0) is 9.84. The van der Waals surface area contributed by atoms with Gasteiger partial charge >= 0.3 is 0 Å². The van der Waals surface area contributed by atoms with Gasteiger partial charge in [-0.3, -0.25) is 0 Å². The molecular weight excluding hydrogens is 245 g/mol. The highest BCUT2D eigenvalue weighted by atomic mass is 35.6. The number of hydrogen-bond acceptors (Lipinski definition) is 1. The highest BCUT2D eigenvalue weighted by Gasteiger charge is 2.07. The van der Waals surface area contributed by atoms with Gasteiger partial charge < -0.3 is 5.32 Å². The Morgan fingerprint density at radius 3 is 2.77 bits per heavy atom. The number of rotatable bonds is 3. The van der Waals surface area contributed by atoms with E-state index >= 15 is 0 Å². The summed E-state index contributed by atoms with van der Waals surface area (Å²) in [5.74, 6) is 0. The van der Waals surface area contributed by atoms with Gasteiger partial charge in [-0.15, -0.1) is 11.1 Å². The van der Waals surface area contributed by atoms with E-state index < -0.39 is 7.71 Å². The van der Waals surface area contributed by atoms with Crippen LogP contribution in [-0.2, 0) is 0 Å². The van der Waals surface area contributed by atoms with Gasteiger partial charge in [-0.1, -0.05) is 35.8 Å². The summed E-state index contributed by atoms with van der Waals surface area (Å²) in [5.41, 5.74) is 2.79. The SMILES string of the molecule is CCCNc1cc[si](Cl)c(Cl)c1Cl. The molecule has 1 heterocycles. The van der Waals surface area contributed by atoms with Crippen molar-refractivity contribution in [2.24, 2.45) is 0 Å². The van der Waals surface area contributed by atoms with E-state index in [-0.39, 0.29) is 0 Å². The van der Waals surface area contributed by atoms with Crippen LogP contribution in [0.3, 0.4) is 0 Å². The summed E-state index contributed by atoms with van der Waals surface area (Å²) in [6.45, 7) is 2.99. The lowest BCUT2D eigenvalue weighted by atomic mass is 10.4. The molecule has 0 aromatic carbocycles. The fraction of sp³-hybridized carbons (Fsp3) is 0.375. The minimum absolute atomic E-state index is 0.571. The average Bonchev–Trinajstić information content (AvgIpc) is 2.13. The van der Waals surface area contributed by atoms with Crippen LogP contribution in [0.1, 0.15) is 13.3 Å². The minimum atomic E-state index is -1.23. The van der Waals surface area contributed by atoms with Gasteiger partial charge in [0.25, 0.3) is 0 Å². The van der Waals surface area contributed by atoms with Crippen LogP contribution in [0, 0.1) is 0 Å². The monoisotopic (exact) mass is 253 g/mol. The van der Waals surface area contributed by atoms with Gasteiger partial charge in [-0.25, -0.2) is 0 Å². The molecule has 13 heavy (non-hydrogen) atoms. The molecule has 0 saturated heterocycles. The van der Waals surface area contributed by atoms with Crippen LogP contribution in [0.2, 0.25) is 9.66 Å². The van der Waals surface area contributed by atoms with E-state index in [1.807, 2.05) is 11.7 Å². The second kappa shape index (κ2) is 5.20. The van der Waals surface area contributed by atoms with Crippen molar-refractivity contribution in [2.75, 3.05) is 11.9 Å². The van der Waals surface area contributed by atoms with Crippen molar-refractivity contribution in [3.63, 3.8) is 0 Å². The van der Waals surface area contributed by atoms with Crippen molar-refractivity contribution in [3.05, 3.63) is 21.4 Å². The molecule has 5 heteroatoms. The lowest BCUT2D eigenvalue weighted by Crippen LogP contribution is -2.01. The fourth-order valence-electron chi connectivity index (χ4n) is 0.922. The summed E-state index contributed by atoms with van der Waals surface area (Å²) in [4.78, 5) is 0. The first-order valence-corrected chi connectivity index (χ1v) is 7.38. The number of nitrogens with one attached hydrogen (secondary N) is 1. The van der Waals surface area contributed by atoms with E-state index in [4.69, 9.17) is 34.3 Å². The first-order valence-electron chi connectivity index (χ1n) is 4.04. The zero-order valence-electron chi connectivity index (χ0n) is 7.20. The van der Waals surface area contributed by atoms with Gasteiger partial charge in [0.1, 0.15) is 0 Å². The summed E-state index contributed by atoms with van der Waals surface area (Å²) in [7, 11) is -1.23. The molecule has 0 aliphatic carbocycles. The van der Waals surface area contributed by atoms with Crippen LogP contribution in [0.25, 0.3) is 0 Å². The topological polar surface area (TPSA) is 12.0 Å². The van der Waals surface area contributed by atoms with Gasteiger partial charge in [0, 0.05) is 6.54 Å². The Kier molecular flexibility index (Phi) is 4.53. The summed E-state index contributed by atoms with van der Waals surface area (Å²) in [6.07, 6.45) is 1.05. The Labute approximate surface area is 94.2 Å². The summed E-state index contributed by atoms with van der Waals surface area (Å²) in [5, 5.41) is 3.76. The summed E-state index contributed by atoms with van der Waals surface area (Å²) in [6, 6.07) is 1.91. The van der Waals surface area contributed by atoms with Crippen LogP contribution < -0.4 is 5.32 Å². The third-order valence-electron chi connectivity index (χ3n) is 1.60. The Morgan fingerprint density at radius 1 is 1.46 bits per heavy atom. The van der Waals surface area contributed by atoms with Crippen LogP contribution >= 0.6 is 34.3 Å². The molecule has 0 unspecified atom stereocenters. The molecule has 1 N–H and O–H groups in total. The largest absolute Gasteiger partial charge is 0.384 e. The molecule has 0 atom stereocenters. The maximum atomic E-state index is 6.00. The molecule has 1 rings (SSSR count). The summed E-state index contributed by atoms with van der Waals surface area (Å²) < 4.78 is 0.592. The van der Waals surface area contributed by atoms with E-state index in [1.165, 1.54) is 0 Å². The molecule has 1 nitrogen and oxygen atoms in total. The van der Waals surface area contributed by atoms with Crippen molar-refractivity contribution >= 4 is 47.7 Å². The van der Waals surface area contributed by atoms with E-state index in [1.54, 1.807) is 0 Å². The van der Waals surface area contributed by atoms with Crippen molar-refractivity contribution < 1.29 is 0 Å². The molecule has 0 spiro atoms. The Hall–Kier alpha value is 0.237. The smallest absolute Gasteiger partial charge is 0.173 e. The minimum Gasteiger partial charge on any atom is -0.384 e. The average molecular weight is 255 g/mol. The van der Waals surface area contributed by atoms with Gasteiger partial charge in [-0.05, 0) is 12.5 Å². The molecule has 0 amide bonds. The van der Waals surface area contributed by atoms with Crippen molar-refractivity contribution in [2.45, 2.75) is 13.3 Å². The highest BCUT2D eigenvalue weighted by Crippen LogP contribution is 2.29. The van der Waals surface area contributed by atoms with Gasteiger partial charge in [0.05, 0.1) is 15.3 Å². The van der Waals surface area contributed by atoms with Crippen LogP contribution in [0.15, 0.2) is 11.7 Å². The highest BCUT2D eigenvalue weighted by molar-refractivity contribution is 7.06. The van der Waals surface area contributed by atoms with Crippen molar-refractivity contribution in [3.8, 4) is 0 Å². The second-order valence-corrected chi connectivity index (χ2v) is 6.47. The molecule has 0 aliphatic heterocycles. The first-order chi connectivity index (χ1) is 6.16. The standard InChI is InChI=1S/C8H10Cl3NSi/c1-2-4-12-6-3-5-13(11)8(10)7(6)9/h3,5,12H,2,4H2,1H3. The molecule has 0 radical (unpaired) electrons. The molecule has 0 fully saturated rings. The number of halogens is 3. The molecule has 1 aromatic rings. The molecule has 1 aromatic heterocycles. The lowest BCUT2D eigenvalue weighted by molar-refractivity contribution is 0.980. The first kappa shape index (κ1) is 11.3. The van der Waals surface area contributed by atoms with Crippen molar-refractivity contribution in [1.29, 1.82) is 0 Å². The van der Waals surface area contributed by atoms with Crippen molar-refractivity contribution in [1.82, 2.24) is 0 Å². The lowest BCUT2D eigenvalue weighted by Gasteiger charge is -2.08. The van der Waals surface area contributed by atoms with Gasteiger partial charge in [-0.2, -0.15) is 0 Å². The summed E-state index contributed by atoms with van der Waals surface area (Å²) >= 11 is 17.9. The quantitative estimate of drug-likeness (QED) is 0.638. The molecule has 0 aliphatic rings. The second-order valence-electron chi connectivity index (χ2n) is 2.65. The van der Waals surface area contributed by atoms with Gasteiger partial charge in [0.15, 0.2) is 7.71 Å². The Bertz CT molecular complexity index is 304. The molecule has 72 valence electrons. The van der Waals surface area contributed by atoms with Gasteiger partial charge in [0.2, 0.25) is 0 Å². The fourth-order valence-corrected chi connectivity index (χ4v) is 3.07. The van der Waals surface area contributed by atoms with E-state index in [0.717, 1.165) is 18.7 Å². The van der Waals surface area contributed by atoms with E-state index in [0.29, 0.717) is 9.66 Å². The third kappa shape index (κ3) is 2.84. The van der Waals surface area contributed by atoms with Crippen LogP contribution in [-0.4, -0.2) is 14.3 Å². The van der Waals surface area contributed by atoms with Crippen LogP contribution in [0.5, 0.6) is 0 Å². The third-order valence-corrected chi connectivity index (χ3v) is 5.41. The van der Waals surface area contributed by atoms with E-state index in [2.05, 4.69) is 12.2 Å². The number of anilines is 1. The number of hydrogen-bond donors (Lipinski definition) is 1. The normalized spacial score (nSPS) is 10.2. The predicted octanol–water partition coefficient (Wildman–Crippen LogP) is 3.84. The molecule has 0 saturated carbocycles. The Morgan fingerprint density at radius 2 is 2.15 bits per heavy atom. The zero-order valence-corrected chi connectivity index (χ0v) is 10.5. The maximum absolute atomic E-state index is 6.00. The van der Waals surface area contributed by atoms with E-state index in [9.17, 15) is 0 Å². The van der Waals surface area contributed by atoms with Crippen LogP contribution in [0.4, 0.5) is 5.69 Å².